The molecule has 38 heavy (non-hydrogen) atoms. The van der Waals surface area contributed by atoms with E-state index in [1.54, 1.807) is 39.1 Å². The van der Waals surface area contributed by atoms with Crippen molar-refractivity contribution < 1.29 is 29.0 Å². The molecular formula is C25H30N6O6S. The number of nitrogens with one attached hydrogen (secondary N) is 3. The molecule has 0 unspecified atom stereocenters. The quantitative estimate of drug-likeness (QED) is 0.351. The molecule has 3 aromatic heterocycles. The van der Waals surface area contributed by atoms with Crippen molar-refractivity contribution in [2.75, 3.05) is 35.7 Å². The summed E-state index contributed by atoms with van der Waals surface area (Å²) in [5, 5.41) is 17.5. The van der Waals surface area contributed by atoms with E-state index in [1.807, 2.05) is 4.90 Å². The molecule has 1 aliphatic rings. The van der Waals surface area contributed by atoms with Crippen LogP contribution in [0.1, 0.15) is 44.0 Å². The number of carbonyl (C=O) groups excluding carboxylic acids is 2. The monoisotopic (exact) mass is 542 g/mol. The van der Waals surface area contributed by atoms with Gasteiger partial charge in [-0.05, 0) is 45.7 Å². The molecular weight excluding hydrogens is 512 g/mol. The van der Waals surface area contributed by atoms with Crippen molar-refractivity contribution in [3.8, 4) is 5.75 Å². The normalized spacial score (nSPS) is 15.6. The van der Waals surface area contributed by atoms with Gasteiger partial charge in [0.05, 0.1) is 34.9 Å². The number of nitrogens with zero attached hydrogens (tertiary/aromatic N) is 3. The molecule has 13 heteroatoms. The van der Waals surface area contributed by atoms with E-state index in [9.17, 15) is 14.4 Å². The van der Waals surface area contributed by atoms with Gasteiger partial charge in [-0.1, -0.05) is 0 Å². The molecule has 0 radical (unpaired) electrons. The zero-order chi connectivity index (χ0) is 27.4. The second-order valence-corrected chi connectivity index (χ2v) is 10.7. The van der Waals surface area contributed by atoms with Crippen molar-refractivity contribution in [1.29, 1.82) is 0 Å². The summed E-state index contributed by atoms with van der Waals surface area (Å²) >= 11 is 1.16. The first-order valence-corrected chi connectivity index (χ1v) is 12.8. The van der Waals surface area contributed by atoms with E-state index >= 15 is 0 Å². The van der Waals surface area contributed by atoms with Gasteiger partial charge in [-0.2, -0.15) is 0 Å². The summed E-state index contributed by atoms with van der Waals surface area (Å²) < 4.78 is 11.4. The molecule has 3 aromatic rings. The lowest BCUT2D eigenvalue weighted by atomic mass is 10.0. The fraction of sp³-hybridized carbons (Fsp3) is 0.400. The number of amides is 3. The van der Waals surface area contributed by atoms with Crippen LogP contribution < -0.4 is 25.6 Å². The van der Waals surface area contributed by atoms with Crippen LogP contribution in [0.15, 0.2) is 30.7 Å². The Morgan fingerprint density at radius 2 is 1.97 bits per heavy atom. The molecule has 4 rings (SSSR count). The summed E-state index contributed by atoms with van der Waals surface area (Å²) in [6, 6.07) is 3.21. The van der Waals surface area contributed by atoms with Crippen molar-refractivity contribution in [1.82, 2.24) is 15.3 Å². The highest BCUT2D eigenvalue weighted by Gasteiger charge is 2.28. The molecule has 0 aliphatic carbocycles. The Labute approximate surface area is 223 Å². The van der Waals surface area contributed by atoms with Gasteiger partial charge >= 0.3 is 12.2 Å². The maximum Gasteiger partial charge on any atom is 0.412 e. The Balaban J connectivity index is 1.66. The number of hydrogen-bond acceptors (Lipinski definition) is 9. The number of methoxy groups -OCH3 is 1. The number of carbonyl (C=O) groups is 3. The van der Waals surface area contributed by atoms with Crippen molar-refractivity contribution >= 4 is 56.0 Å². The fourth-order valence-corrected chi connectivity index (χ4v) is 5.39. The zero-order valence-electron chi connectivity index (χ0n) is 21.5. The number of aromatic nitrogens is 2. The molecule has 0 bridgehead atoms. The van der Waals surface area contributed by atoms with Crippen LogP contribution in [0.25, 0.3) is 10.2 Å². The lowest BCUT2D eigenvalue weighted by Gasteiger charge is -2.35. The molecule has 12 nitrogen and oxygen atoms in total. The van der Waals surface area contributed by atoms with E-state index in [4.69, 9.17) is 14.6 Å². The van der Waals surface area contributed by atoms with Crippen LogP contribution >= 0.6 is 11.3 Å². The molecule has 4 heterocycles. The van der Waals surface area contributed by atoms with Crippen LogP contribution in [0.2, 0.25) is 0 Å². The summed E-state index contributed by atoms with van der Waals surface area (Å²) in [4.78, 5) is 48.0. The molecule has 0 aromatic carbocycles. The number of ether oxygens (including phenoxy) is 2. The second kappa shape index (κ2) is 11.1. The van der Waals surface area contributed by atoms with Gasteiger partial charge in [-0.25, -0.2) is 9.59 Å². The highest BCUT2D eigenvalue weighted by atomic mass is 32.1. The lowest BCUT2D eigenvalue weighted by Crippen LogP contribution is -2.47. The first-order chi connectivity index (χ1) is 18.1. The van der Waals surface area contributed by atoms with Crippen LogP contribution in [0, 0.1) is 0 Å². The van der Waals surface area contributed by atoms with Gasteiger partial charge < -0.3 is 30.1 Å². The number of carboxylic acid groups (broad SMARTS) is 1. The molecule has 1 saturated heterocycles. The van der Waals surface area contributed by atoms with Crippen molar-refractivity contribution in [3.63, 3.8) is 0 Å². The zero-order valence-corrected chi connectivity index (χ0v) is 22.3. The second-order valence-electron chi connectivity index (χ2n) is 9.71. The minimum Gasteiger partial charge on any atom is -0.495 e. The molecule has 3 amide bonds. The third kappa shape index (κ3) is 6.22. The predicted octanol–water partition coefficient (Wildman–Crippen LogP) is 4.54. The van der Waals surface area contributed by atoms with Crippen LogP contribution in [0.5, 0.6) is 5.75 Å². The Hall–Kier alpha value is -4.13. The molecule has 4 N–H and O–H groups in total. The molecule has 1 atom stereocenters. The summed E-state index contributed by atoms with van der Waals surface area (Å²) in [6.45, 7) is 6.38. The minimum atomic E-state index is -1.07. The molecule has 0 spiro atoms. The predicted molar refractivity (Wildman–Crippen MR) is 145 cm³/mol. The summed E-state index contributed by atoms with van der Waals surface area (Å²) in [5.74, 6) is 0.00757. The minimum absolute atomic E-state index is 0.161. The number of piperidine rings is 1. The van der Waals surface area contributed by atoms with Crippen LogP contribution in [0.3, 0.4) is 0 Å². The first kappa shape index (κ1) is 26.9. The van der Waals surface area contributed by atoms with Gasteiger partial charge in [0.1, 0.15) is 21.9 Å². The third-order valence-electron chi connectivity index (χ3n) is 5.73. The van der Waals surface area contributed by atoms with Gasteiger partial charge in [0, 0.05) is 31.5 Å². The molecule has 0 saturated carbocycles. The van der Waals surface area contributed by atoms with Gasteiger partial charge in [0.15, 0.2) is 0 Å². The number of thiophene rings is 1. The van der Waals surface area contributed by atoms with Gasteiger partial charge in [-0.15, -0.1) is 11.3 Å². The standard InChI is InChI=1S/C25H30N6O6S/c1-25(2,3)37-24(35)30-22-18(19-20(38-22)17(36-4)8-10-27-19)21(32)29-15-12-26-9-7-16(15)31-11-5-6-14(13-31)28-23(33)34/h7-10,12,14,28H,5-6,11,13H2,1-4H3,(H,29,32)(H,30,35)(H,33,34)/t14-/m0/s1. The molecule has 202 valence electrons. The number of pyridine rings is 2. The lowest BCUT2D eigenvalue weighted by molar-refractivity contribution is 0.0636. The Morgan fingerprint density at radius 1 is 1.18 bits per heavy atom. The average molecular weight is 543 g/mol. The largest absolute Gasteiger partial charge is 0.495 e. The highest BCUT2D eigenvalue weighted by molar-refractivity contribution is 7.23. The maximum absolute atomic E-state index is 13.7. The van der Waals surface area contributed by atoms with Gasteiger partial charge in [0.25, 0.3) is 5.91 Å². The van der Waals surface area contributed by atoms with Crippen LogP contribution in [-0.2, 0) is 4.74 Å². The Kier molecular flexibility index (Phi) is 7.86. The van der Waals surface area contributed by atoms with E-state index in [-0.39, 0.29) is 16.6 Å². The summed E-state index contributed by atoms with van der Waals surface area (Å²) in [6.07, 6.45) is 4.40. The van der Waals surface area contributed by atoms with E-state index in [0.29, 0.717) is 40.4 Å². The van der Waals surface area contributed by atoms with Crippen molar-refractivity contribution in [2.45, 2.75) is 45.3 Å². The number of rotatable bonds is 6. The smallest absolute Gasteiger partial charge is 0.412 e. The summed E-state index contributed by atoms with van der Waals surface area (Å²) in [7, 11) is 1.52. The van der Waals surface area contributed by atoms with Gasteiger partial charge in [-0.3, -0.25) is 20.1 Å². The number of fused-ring (bicyclic) bond motifs is 1. The Bertz CT molecular complexity index is 1350. The molecule has 1 aliphatic heterocycles. The number of anilines is 3. The van der Waals surface area contributed by atoms with Crippen molar-refractivity contribution in [3.05, 3.63) is 36.3 Å². The maximum atomic E-state index is 13.7. The van der Waals surface area contributed by atoms with E-state index < -0.39 is 23.7 Å². The molecule has 1 fully saturated rings. The highest BCUT2D eigenvalue weighted by Crippen LogP contribution is 2.40. The van der Waals surface area contributed by atoms with Gasteiger partial charge in [0.2, 0.25) is 0 Å². The number of hydrogen-bond donors (Lipinski definition) is 4. The van der Waals surface area contributed by atoms with Crippen LogP contribution in [-0.4, -0.2) is 65.0 Å². The first-order valence-electron chi connectivity index (χ1n) is 12.0. The van der Waals surface area contributed by atoms with E-state index in [2.05, 4.69) is 25.9 Å². The average Bonchev–Trinajstić information content (AvgIpc) is 3.20. The SMILES string of the molecule is COc1ccnc2c(C(=O)Nc3cnccc3N3CCC[C@H](NC(=O)O)C3)c(NC(=O)OC(C)(C)C)sc12. The summed E-state index contributed by atoms with van der Waals surface area (Å²) in [5.41, 5.74) is 0.947. The van der Waals surface area contributed by atoms with E-state index in [0.717, 1.165) is 24.2 Å². The Morgan fingerprint density at radius 3 is 2.68 bits per heavy atom. The topological polar surface area (TPSA) is 155 Å². The third-order valence-corrected chi connectivity index (χ3v) is 6.84. The van der Waals surface area contributed by atoms with E-state index in [1.165, 1.54) is 19.5 Å². The van der Waals surface area contributed by atoms with Crippen molar-refractivity contribution in [2.24, 2.45) is 0 Å². The van der Waals surface area contributed by atoms with Crippen LogP contribution in [0.4, 0.5) is 26.0 Å². The fourth-order valence-electron chi connectivity index (χ4n) is 4.26.